The molecule has 0 bridgehead atoms. The third-order valence-electron chi connectivity index (χ3n) is 1.25. The quantitative estimate of drug-likeness (QED) is 0.468. The first-order chi connectivity index (χ1) is 6.86. The smallest absolute Gasteiger partial charge is 0.333 e. The highest BCUT2D eigenvalue weighted by Crippen LogP contribution is 2.02. The molecule has 0 aliphatic rings. The normalized spacial score (nSPS) is 10.5. The zero-order valence-electron chi connectivity index (χ0n) is 8.09. The fraction of sp³-hybridized carbons (Fsp3) is 0.333. The van der Waals surface area contributed by atoms with E-state index in [1.807, 2.05) is 0 Å². The topological polar surface area (TPSA) is 115 Å². The molecule has 0 aromatic rings. The number of aliphatic hydroxyl groups excluding tert-OH is 2. The van der Waals surface area contributed by atoms with E-state index in [0.29, 0.717) is 0 Å². The molecule has 0 radical (unpaired) electrons. The lowest BCUT2D eigenvalue weighted by atomic mass is 10.1. The summed E-state index contributed by atoms with van der Waals surface area (Å²) in [6.07, 6.45) is -0.284. The van der Waals surface area contributed by atoms with Gasteiger partial charge in [-0.05, 0) is 0 Å². The SMILES string of the molecule is C=C(C(=O)O)C(O)CCO.C=CC(=O)O. The van der Waals surface area contributed by atoms with Crippen molar-refractivity contribution in [2.75, 3.05) is 6.61 Å². The van der Waals surface area contributed by atoms with E-state index in [-0.39, 0.29) is 18.6 Å². The van der Waals surface area contributed by atoms with Crippen LogP contribution in [0.5, 0.6) is 0 Å². The average Bonchev–Trinajstić information content (AvgIpc) is 2.17. The van der Waals surface area contributed by atoms with Gasteiger partial charge < -0.3 is 20.4 Å². The maximum Gasteiger partial charge on any atom is 0.333 e. The molecule has 86 valence electrons. The molecule has 0 heterocycles. The summed E-state index contributed by atoms with van der Waals surface area (Å²) in [7, 11) is 0. The molecule has 0 aliphatic heterocycles. The maximum absolute atomic E-state index is 10.1. The fourth-order valence-electron chi connectivity index (χ4n) is 0.439. The molecular weight excluding hydrogens is 204 g/mol. The molecular formula is C9H14O6. The first kappa shape index (κ1) is 15.8. The largest absolute Gasteiger partial charge is 0.478 e. The zero-order valence-corrected chi connectivity index (χ0v) is 8.09. The Hall–Kier alpha value is -1.66. The van der Waals surface area contributed by atoms with Crippen molar-refractivity contribution in [3.05, 3.63) is 24.8 Å². The highest BCUT2D eigenvalue weighted by Gasteiger charge is 2.13. The third-order valence-corrected chi connectivity index (χ3v) is 1.25. The van der Waals surface area contributed by atoms with E-state index < -0.39 is 18.0 Å². The Kier molecular flexibility index (Phi) is 9.39. The minimum Gasteiger partial charge on any atom is -0.478 e. The van der Waals surface area contributed by atoms with Crippen LogP contribution in [0.1, 0.15) is 6.42 Å². The van der Waals surface area contributed by atoms with Gasteiger partial charge in [-0.15, -0.1) is 0 Å². The molecule has 0 saturated carbocycles. The van der Waals surface area contributed by atoms with Crippen LogP contribution in [0.4, 0.5) is 0 Å². The van der Waals surface area contributed by atoms with Gasteiger partial charge in [0.1, 0.15) is 0 Å². The molecule has 4 N–H and O–H groups in total. The van der Waals surface area contributed by atoms with Crippen LogP contribution in [-0.2, 0) is 9.59 Å². The predicted octanol–water partition coefficient (Wildman–Crippen LogP) is -0.373. The molecule has 0 saturated heterocycles. The van der Waals surface area contributed by atoms with Crippen LogP contribution in [-0.4, -0.2) is 45.1 Å². The molecule has 1 unspecified atom stereocenters. The van der Waals surface area contributed by atoms with Gasteiger partial charge in [0.05, 0.1) is 11.7 Å². The van der Waals surface area contributed by atoms with Gasteiger partial charge in [-0.25, -0.2) is 9.59 Å². The monoisotopic (exact) mass is 218 g/mol. The van der Waals surface area contributed by atoms with Crippen molar-refractivity contribution in [1.82, 2.24) is 0 Å². The highest BCUT2D eigenvalue weighted by molar-refractivity contribution is 5.86. The molecule has 15 heavy (non-hydrogen) atoms. The van der Waals surface area contributed by atoms with Crippen molar-refractivity contribution in [2.24, 2.45) is 0 Å². The van der Waals surface area contributed by atoms with Crippen LogP contribution in [0, 0.1) is 0 Å². The summed E-state index contributed by atoms with van der Waals surface area (Å²) < 4.78 is 0. The Morgan fingerprint density at radius 2 is 1.73 bits per heavy atom. The molecule has 6 heteroatoms. The lowest BCUT2D eigenvalue weighted by Crippen LogP contribution is -2.17. The first-order valence-electron chi connectivity index (χ1n) is 3.93. The predicted molar refractivity (Wildman–Crippen MR) is 52.3 cm³/mol. The van der Waals surface area contributed by atoms with E-state index in [9.17, 15) is 9.59 Å². The number of aliphatic hydroxyl groups is 2. The van der Waals surface area contributed by atoms with Gasteiger partial charge in [-0.1, -0.05) is 13.2 Å². The number of carboxylic acid groups (broad SMARTS) is 2. The summed E-state index contributed by atoms with van der Waals surface area (Å²) >= 11 is 0. The Bertz CT molecular complexity index is 245. The van der Waals surface area contributed by atoms with Crippen molar-refractivity contribution >= 4 is 11.9 Å². The maximum atomic E-state index is 10.1. The van der Waals surface area contributed by atoms with E-state index in [2.05, 4.69) is 13.2 Å². The lowest BCUT2D eigenvalue weighted by Gasteiger charge is -2.06. The van der Waals surface area contributed by atoms with Crippen LogP contribution in [0.25, 0.3) is 0 Å². The van der Waals surface area contributed by atoms with Crippen molar-refractivity contribution < 1.29 is 30.0 Å². The Morgan fingerprint density at radius 3 is 1.93 bits per heavy atom. The summed E-state index contributed by atoms with van der Waals surface area (Å²) in [4.78, 5) is 19.3. The summed E-state index contributed by atoms with van der Waals surface area (Å²) in [5.74, 6) is -2.22. The fourth-order valence-corrected chi connectivity index (χ4v) is 0.439. The molecule has 0 aromatic carbocycles. The molecule has 1 atom stereocenters. The van der Waals surface area contributed by atoms with Gasteiger partial charge in [0.15, 0.2) is 0 Å². The second kappa shape index (κ2) is 8.92. The molecule has 0 fully saturated rings. The molecule has 0 amide bonds. The Labute approximate surface area is 86.8 Å². The van der Waals surface area contributed by atoms with Gasteiger partial charge in [0, 0.05) is 19.1 Å². The minimum atomic E-state index is -1.24. The van der Waals surface area contributed by atoms with Crippen LogP contribution in [0.15, 0.2) is 24.8 Å². The van der Waals surface area contributed by atoms with E-state index >= 15 is 0 Å². The summed E-state index contributed by atoms with van der Waals surface area (Å²) in [5.41, 5.74) is -0.283. The van der Waals surface area contributed by atoms with Crippen molar-refractivity contribution in [3.63, 3.8) is 0 Å². The Morgan fingerprint density at radius 1 is 1.33 bits per heavy atom. The molecule has 0 rings (SSSR count). The van der Waals surface area contributed by atoms with Crippen LogP contribution < -0.4 is 0 Å². The molecule has 0 spiro atoms. The van der Waals surface area contributed by atoms with Gasteiger partial charge in [0.2, 0.25) is 0 Å². The lowest BCUT2D eigenvalue weighted by molar-refractivity contribution is -0.134. The number of carbonyl (C=O) groups is 2. The summed E-state index contributed by atoms with van der Waals surface area (Å²) in [6.45, 7) is 5.83. The van der Waals surface area contributed by atoms with Crippen LogP contribution >= 0.6 is 0 Å². The second-order valence-electron chi connectivity index (χ2n) is 2.40. The number of hydrogen-bond acceptors (Lipinski definition) is 4. The minimum absolute atomic E-state index is 0.0190. The first-order valence-corrected chi connectivity index (χ1v) is 3.93. The van der Waals surface area contributed by atoms with Gasteiger partial charge in [-0.3, -0.25) is 0 Å². The van der Waals surface area contributed by atoms with Crippen molar-refractivity contribution in [2.45, 2.75) is 12.5 Å². The van der Waals surface area contributed by atoms with E-state index in [4.69, 9.17) is 20.4 Å². The zero-order chi connectivity index (χ0) is 12.4. The van der Waals surface area contributed by atoms with Gasteiger partial charge >= 0.3 is 11.9 Å². The van der Waals surface area contributed by atoms with Crippen LogP contribution in [0.2, 0.25) is 0 Å². The van der Waals surface area contributed by atoms with Crippen molar-refractivity contribution in [1.29, 1.82) is 0 Å². The van der Waals surface area contributed by atoms with E-state index in [1.165, 1.54) is 0 Å². The number of aliphatic carboxylic acids is 2. The van der Waals surface area contributed by atoms with Crippen molar-refractivity contribution in [3.8, 4) is 0 Å². The summed E-state index contributed by atoms with van der Waals surface area (Å²) in [6, 6.07) is 0. The van der Waals surface area contributed by atoms with Gasteiger partial charge in [0.25, 0.3) is 0 Å². The van der Waals surface area contributed by atoms with E-state index in [0.717, 1.165) is 6.08 Å². The number of rotatable bonds is 5. The van der Waals surface area contributed by atoms with E-state index in [1.54, 1.807) is 0 Å². The molecule has 6 nitrogen and oxygen atoms in total. The average molecular weight is 218 g/mol. The number of carboxylic acids is 2. The standard InChI is InChI=1S/C6H10O4.C3H4O2/c1-4(6(9)10)5(8)2-3-7;1-2-3(4)5/h5,7-8H,1-3H2,(H,9,10);2H,1H2,(H,4,5). The molecule has 0 aromatic heterocycles. The molecule has 0 aliphatic carbocycles. The second-order valence-corrected chi connectivity index (χ2v) is 2.40. The highest BCUT2D eigenvalue weighted by atomic mass is 16.4. The third kappa shape index (κ3) is 10.3. The Balaban J connectivity index is 0. The van der Waals surface area contributed by atoms with Crippen LogP contribution in [0.3, 0.4) is 0 Å². The van der Waals surface area contributed by atoms with Gasteiger partial charge in [-0.2, -0.15) is 0 Å². The number of hydrogen-bond donors (Lipinski definition) is 4. The summed E-state index contributed by atoms with van der Waals surface area (Å²) in [5, 5.41) is 33.0.